The van der Waals surface area contributed by atoms with Crippen LogP contribution in [0.25, 0.3) is 0 Å². The van der Waals surface area contributed by atoms with E-state index >= 15 is 0 Å². The molecule has 1 aromatic carbocycles. The zero-order valence-electron chi connectivity index (χ0n) is 14.2. The topological polar surface area (TPSA) is 53.4 Å². The van der Waals surface area contributed by atoms with Crippen LogP contribution in [0.5, 0.6) is 0 Å². The zero-order chi connectivity index (χ0) is 18.2. The first kappa shape index (κ1) is 17.8. The number of halogens is 2. The number of fused-ring (bicyclic) bond motifs is 1. The lowest BCUT2D eigenvalue weighted by Crippen LogP contribution is -2.34. The van der Waals surface area contributed by atoms with Gasteiger partial charge in [0, 0.05) is 12.0 Å². The van der Waals surface area contributed by atoms with Gasteiger partial charge < -0.3 is 10.0 Å². The second-order valence-electron chi connectivity index (χ2n) is 6.92. The van der Waals surface area contributed by atoms with Crippen molar-refractivity contribution in [1.29, 1.82) is 0 Å². The molecule has 0 bridgehead atoms. The van der Waals surface area contributed by atoms with Gasteiger partial charge >= 0.3 is 0 Å². The van der Waals surface area contributed by atoms with Gasteiger partial charge in [-0.1, -0.05) is 26.0 Å². The normalized spacial score (nSPS) is 15.3. The van der Waals surface area contributed by atoms with Crippen molar-refractivity contribution in [3.63, 3.8) is 0 Å². The van der Waals surface area contributed by atoms with Gasteiger partial charge in [-0.2, -0.15) is 0 Å². The number of amides is 1. The smallest absolute Gasteiger partial charge is 0.241 e. The molecule has 0 saturated heterocycles. The number of carbonyl (C=O) groups excluding carboxylic acids is 1. The fourth-order valence-corrected chi connectivity index (χ4v) is 3.39. The molecule has 0 saturated carbocycles. The fourth-order valence-electron chi connectivity index (χ4n) is 3.25. The number of rotatable bonds is 4. The maximum Gasteiger partial charge on any atom is 0.241 e. The third kappa shape index (κ3) is 3.39. The Balaban J connectivity index is 2.05. The molecule has 6 heteroatoms. The van der Waals surface area contributed by atoms with Crippen molar-refractivity contribution in [2.24, 2.45) is 0 Å². The van der Waals surface area contributed by atoms with Crippen LogP contribution in [0.2, 0.25) is 0 Å². The lowest BCUT2D eigenvalue weighted by molar-refractivity contribution is -0.116. The zero-order valence-corrected chi connectivity index (χ0v) is 15.0. The minimum Gasteiger partial charge on any atom is -0.390 e. The molecule has 1 aromatic heterocycles. The second-order valence-corrected chi connectivity index (χ2v) is 7.19. The average Bonchev–Trinajstić information content (AvgIpc) is 2.86. The third-order valence-electron chi connectivity index (χ3n) is 4.53. The summed E-state index contributed by atoms with van der Waals surface area (Å²) in [7, 11) is 0. The van der Waals surface area contributed by atoms with Crippen LogP contribution >= 0.6 is 11.6 Å². The highest BCUT2D eigenvalue weighted by Gasteiger charge is 2.39. The molecular weight excluding hydrogens is 343 g/mol. The number of pyridine rings is 1. The minimum absolute atomic E-state index is 0.0927. The number of hydrogen-bond acceptors (Lipinski definition) is 3. The summed E-state index contributed by atoms with van der Waals surface area (Å²) in [5.41, 5.74) is 3.53. The van der Waals surface area contributed by atoms with E-state index in [1.165, 1.54) is 12.1 Å². The number of aromatic nitrogens is 1. The molecule has 1 aliphatic rings. The second kappa shape index (κ2) is 6.73. The lowest BCUT2D eigenvalue weighted by Gasteiger charge is -2.19. The molecule has 0 fully saturated rings. The molecule has 25 heavy (non-hydrogen) atoms. The number of hydrogen-bond donors (Lipinski definition) is 1. The van der Waals surface area contributed by atoms with Crippen molar-refractivity contribution in [1.82, 2.24) is 4.98 Å². The third-order valence-corrected chi connectivity index (χ3v) is 4.76. The van der Waals surface area contributed by atoms with Crippen LogP contribution in [0.3, 0.4) is 0 Å². The maximum absolute atomic E-state index is 13.1. The van der Waals surface area contributed by atoms with Gasteiger partial charge in [-0.15, -0.1) is 11.6 Å². The van der Waals surface area contributed by atoms with Crippen molar-refractivity contribution in [3.05, 3.63) is 58.7 Å². The van der Waals surface area contributed by atoms with Crippen molar-refractivity contribution in [3.8, 4) is 0 Å². The predicted molar refractivity (Wildman–Crippen MR) is 95.5 cm³/mol. The standard InChI is InChI=1S/C19H20ClFN2O2/c1-19(2)11-23(17(25)9-20)16-8-13(15(10-24)22-18(16)19)7-12-3-5-14(21)6-4-12/h3-6,8,24H,7,9-11H2,1-2H3. The Morgan fingerprint density at radius 1 is 1.36 bits per heavy atom. The summed E-state index contributed by atoms with van der Waals surface area (Å²) in [5.74, 6) is -0.552. The molecule has 2 aromatic rings. The van der Waals surface area contributed by atoms with Gasteiger partial charge in [0.1, 0.15) is 11.7 Å². The molecule has 1 N–H and O–H groups in total. The van der Waals surface area contributed by atoms with E-state index in [-0.39, 0.29) is 29.6 Å². The van der Waals surface area contributed by atoms with E-state index in [0.29, 0.717) is 18.7 Å². The molecule has 3 rings (SSSR count). The molecule has 0 spiro atoms. The van der Waals surface area contributed by atoms with Gasteiger partial charge in [0.25, 0.3) is 0 Å². The first-order valence-corrected chi connectivity index (χ1v) is 8.64. The van der Waals surface area contributed by atoms with E-state index in [1.54, 1.807) is 17.0 Å². The SMILES string of the molecule is CC1(C)CN(C(=O)CCl)c2cc(Cc3ccc(F)cc3)c(CO)nc21. The van der Waals surface area contributed by atoms with Gasteiger partial charge in [0.2, 0.25) is 5.91 Å². The van der Waals surface area contributed by atoms with Crippen molar-refractivity contribution in [2.75, 3.05) is 17.3 Å². The van der Waals surface area contributed by atoms with E-state index in [9.17, 15) is 14.3 Å². The molecule has 1 amide bonds. The Morgan fingerprint density at radius 2 is 2.04 bits per heavy atom. The number of aliphatic hydroxyl groups excluding tert-OH is 1. The number of alkyl halides is 1. The molecule has 0 radical (unpaired) electrons. The minimum atomic E-state index is -0.310. The Kier molecular flexibility index (Phi) is 4.80. The largest absolute Gasteiger partial charge is 0.390 e. The first-order valence-electron chi connectivity index (χ1n) is 8.10. The van der Waals surface area contributed by atoms with Gasteiger partial charge in [-0.05, 0) is 35.7 Å². The van der Waals surface area contributed by atoms with Crippen LogP contribution in [0, 0.1) is 5.82 Å². The molecule has 2 heterocycles. The number of nitrogens with zero attached hydrogens (tertiary/aromatic N) is 2. The van der Waals surface area contributed by atoms with E-state index in [0.717, 1.165) is 22.5 Å². The Hall–Kier alpha value is -1.98. The molecule has 0 aliphatic carbocycles. The summed E-state index contributed by atoms with van der Waals surface area (Å²) in [5, 5.41) is 9.74. The number of carbonyl (C=O) groups is 1. The van der Waals surface area contributed by atoms with Gasteiger partial charge in [-0.3, -0.25) is 9.78 Å². The van der Waals surface area contributed by atoms with Gasteiger partial charge in [0.15, 0.2) is 0 Å². The van der Waals surface area contributed by atoms with E-state index in [4.69, 9.17) is 11.6 Å². The van der Waals surface area contributed by atoms with Gasteiger partial charge in [-0.25, -0.2) is 4.39 Å². The van der Waals surface area contributed by atoms with Crippen LogP contribution in [-0.4, -0.2) is 28.4 Å². The summed E-state index contributed by atoms with van der Waals surface area (Å²) in [6.07, 6.45) is 0.500. The predicted octanol–water partition coefficient (Wildman–Crippen LogP) is 3.17. The van der Waals surface area contributed by atoms with Crippen molar-refractivity contribution >= 4 is 23.2 Å². The van der Waals surface area contributed by atoms with Crippen molar-refractivity contribution in [2.45, 2.75) is 32.3 Å². The van der Waals surface area contributed by atoms with Crippen LogP contribution in [0.4, 0.5) is 10.1 Å². The highest BCUT2D eigenvalue weighted by Crippen LogP contribution is 2.40. The Morgan fingerprint density at radius 3 is 2.64 bits per heavy atom. The first-order chi connectivity index (χ1) is 11.9. The van der Waals surface area contributed by atoms with Crippen LogP contribution in [0.1, 0.15) is 36.4 Å². The lowest BCUT2D eigenvalue weighted by atomic mass is 9.90. The Bertz CT molecular complexity index is 806. The molecular formula is C19H20ClFN2O2. The van der Waals surface area contributed by atoms with Crippen LogP contribution in [0.15, 0.2) is 30.3 Å². The van der Waals surface area contributed by atoms with E-state index in [2.05, 4.69) is 4.98 Å². The van der Waals surface area contributed by atoms with Crippen molar-refractivity contribution < 1.29 is 14.3 Å². The summed E-state index contributed by atoms with van der Waals surface area (Å²) in [6, 6.07) is 8.11. The number of aliphatic hydroxyl groups is 1. The number of benzene rings is 1. The highest BCUT2D eigenvalue weighted by molar-refractivity contribution is 6.29. The molecule has 132 valence electrons. The Labute approximate surface area is 151 Å². The molecule has 0 unspecified atom stereocenters. The summed E-state index contributed by atoms with van der Waals surface area (Å²) in [4.78, 5) is 18.5. The maximum atomic E-state index is 13.1. The average molecular weight is 363 g/mol. The molecule has 1 aliphatic heterocycles. The molecule has 4 nitrogen and oxygen atoms in total. The number of anilines is 1. The quantitative estimate of drug-likeness (QED) is 0.850. The van der Waals surface area contributed by atoms with Crippen LogP contribution < -0.4 is 4.90 Å². The van der Waals surface area contributed by atoms with Gasteiger partial charge in [0.05, 0.1) is 23.7 Å². The summed E-state index contributed by atoms with van der Waals surface area (Å²) in [6.45, 7) is 4.34. The monoisotopic (exact) mass is 362 g/mol. The van der Waals surface area contributed by atoms with E-state index in [1.807, 2.05) is 19.9 Å². The summed E-state index contributed by atoms with van der Waals surface area (Å²) >= 11 is 5.75. The molecule has 0 atom stereocenters. The summed E-state index contributed by atoms with van der Waals surface area (Å²) < 4.78 is 13.1. The fraction of sp³-hybridized carbons (Fsp3) is 0.368. The van der Waals surface area contributed by atoms with E-state index < -0.39 is 0 Å². The highest BCUT2D eigenvalue weighted by atomic mass is 35.5. The van der Waals surface area contributed by atoms with Crippen LogP contribution in [-0.2, 0) is 23.2 Å².